The lowest BCUT2D eigenvalue weighted by atomic mass is 9.92. The molecule has 1 aliphatic heterocycles. The molecule has 0 unspecified atom stereocenters. The molecule has 0 saturated heterocycles. The van der Waals surface area contributed by atoms with E-state index in [4.69, 9.17) is 4.74 Å². The van der Waals surface area contributed by atoms with E-state index >= 15 is 0 Å². The van der Waals surface area contributed by atoms with E-state index in [1.807, 2.05) is 0 Å². The van der Waals surface area contributed by atoms with E-state index in [-0.39, 0.29) is 11.1 Å². The Hall–Kier alpha value is -1.60. The fourth-order valence-corrected chi connectivity index (χ4v) is 2.60. The summed E-state index contributed by atoms with van der Waals surface area (Å²) in [4.78, 5) is 14.5. The zero-order chi connectivity index (χ0) is 12.8. The average molecular weight is 243 g/mol. The maximum absolute atomic E-state index is 10.5. The van der Waals surface area contributed by atoms with E-state index in [0.29, 0.717) is 0 Å². The van der Waals surface area contributed by atoms with Crippen molar-refractivity contribution in [1.82, 2.24) is 0 Å². The molecule has 1 aromatic carbocycles. The normalized spacial score (nSPS) is 22.3. The highest BCUT2D eigenvalue weighted by Gasteiger charge is 2.45. The lowest BCUT2D eigenvalue weighted by Gasteiger charge is -2.33. The zero-order valence-corrected chi connectivity index (χ0v) is 10.8. The number of hydrogen-bond acceptors (Lipinski definition) is 3. The first-order valence-corrected chi connectivity index (χ1v) is 6.46. The van der Waals surface area contributed by atoms with Gasteiger partial charge in [-0.3, -0.25) is 0 Å². The highest BCUT2D eigenvalue weighted by molar-refractivity contribution is 5.47. The summed E-state index contributed by atoms with van der Waals surface area (Å²) in [6, 6.07) is 6.25. The molecule has 1 saturated carbocycles. The second kappa shape index (κ2) is 3.69. The van der Waals surface area contributed by atoms with Crippen LogP contribution in [0.25, 0.3) is 0 Å². The van der Waals surface area contributed by atoms with E-state index in [1.165, 1.54) is 5.56 Å². The molecule has 0 aromatic heterocycles. The van der Waals surface area contributed by atoms with Crippen molar-refractivity contribution in [3.63, 3.8) is 0 Å². The second-order valence-electron chi connectivity index (χ2n) is 5.92. The first kappa shape index (κ1) is 11.5. The fourth-order valence-electron chi connectivity index (χ4n) is 2.60. The van der Waals surface area contributed by atoms with Gasteiger partial charge in [-0.25, -0.2) is 4.79 Å². The topological polar surface area (TPSA) is 38.7 Å². The Morgan fingerprint density at radius 2 is 2.06 bits per heavy atom. The number of aryl methyl sites for hydroxylation is 1. The number of benzene rings is 1. The van der Waals surface area contributed by atoms with Gasteiger partial charge in [0.2, 0.25) is 6.08 Å². The molecule has 3 nitrogen and oxygen atoms in total. The van der Waals surface area contributed by atoms with Crippen molar-refractivity contribution in [2.45, 2.75) is 50.7 Å². The van der Waals surface area contributed by atoms with Crippen LogP contribution in [0.3, 0.4) is 0 Å². The van der Waals surface area contributed by atoms with Crippen LogP contribution in [0, 0.1) is 0 Å². The number of hydrogen-bond donors (Lipinski definition) is 0. The molecule has 1 aromatic rings. The van der Waals surface area contributed by atoms with Crippen LogP contribution in [-0.2, 0) is 16.8 Å². The largest absolute Gasteiger partial charge is 0.488 e. The van der Waals surface area contributed by atoms with Crippen LogP contribution in [0.5, 0.6) is 5.75 Å². The van der Waals surface area contributed by atoms with E-state index < -0.39 is 0 Å². The fraction of sp³-hybridized carbons (Fsp3) is 0.533. The van der Waals surface area contributed by atoms with E-state index in [1.54, 1.807) is 6.08 Å². The highest BCUT2D eigenvalue weighted by Crippen LogP contribution is 2.50. The van der Waals surface area contributed by atoms with Gasteiger partial charge in [0, 0.05) is 0 Å². The molecule has 94 valence electrons. The summed E-state index contributed by atoms with van der Waals surface area (Å²) in [5, 5.41) is 0. The van der Waals surface area contributed by atoms with Gasteiger partial charge in [0.05, 0.1) is 5.54 Å². The first-order valence-electron chi connectivity index (χ1n) is 6.46. The quantitative estimate of drug-likeness (QED) is 0.591. The van der Waals surface area contributed by atoms with E-state index in [0.717, 1.165) is 37.0 Å². The number of ether oxygens (including phenoxy) is 1. The Morgan fingerprint density at radius 1 is 1.28 bits per heavy atom. The molecular weight excluding hydrogens is 226 g/mol. The number of nitrogens with zero attached hydrogens (tertiary/aromatic N) is 1. The molecule has 0 bridgehead atoms. The average Bonchev–Trinajstić information content (AvgIpc) is 3.08. The van der Waals surface area contributed by atoms with Crippen LogP contribution in [0.15, 0.2) is 23.2 Å². The number of carbonyl (C=O) groups excluding carboxylic acids is 1. The van der Waals surface area contributed by atoms with Crippen LogP contribution in [0.1, 0.15) is 44.2 Å². The SMILES string of the molecule is CC1(C)CCc2ccc(C3(N=C=O)CC3)cc2O1. The first-order chi connectivity index (χ1) is 8.55. The predicted octanol–water partition coefficient (Wildman–Crippen LogP) is 3.12. The maximum atomic E-state index is 10.5. The maximum Gasteiger partial charge on any atom is 0.235 e. The monoisotopic (exact) mass is 243 g/mol. The van der Waals surface area contributed by atoms with Gasteiger partial charge in [-0.1, -0.05) is 12.1 Å². The number of isocyanates is 1. The lowest BCUT2D eigenvalue weighted by molar-refractivity contribution is 0.0845. The van der Waals surface area contributed by atoms with Gasteiger partial charge in [-0.05, 0) is 56.7 Å². The second-order valence-corrected chi connectivity index (χ2v) is 5.92. The standard InChI is InChI=1S/C15H17NO2/c1-14(2)6-5-11-3-4-12(9-13(11)18-14)15(7-8-15)16-10-17/h3-4,9H,5-8H2,1-2H3. The third-order valence-electron chi connectivity index (χ3n) is 3.97. The minimum atomic E-state index is -0.304. The molecule has 0 N–H and O–H groups in total. The van der Waals surface area contributed by atoms with Crippen molar-refractivity contribution >= 4 is 6.08 Å². The van der Waals surface area contributed by atoms with Crippen LogP contribution < -0.4 is 4.74 Å². The van der Waals surface area contributed by atoms with Crippen molar-refractivity contribution in [3.8, 4) is 5.75 Å². The van der Waals surface area contributed by atoms with Crippen LogP contribution >= 0.6 is 0 Å². The minimum absolute atomic E-state index is 0.101. The van der Waals surface area contributed by atoms with Gasteiger partial charge >= 0.3 is 0 Å². The summed E-state index contributed by atoms with van der Waals surface area (Å²) in [6.45, 7) is 4.22. The Labute approximate surface area is 107 Å². The van der Waals surface area contributed by atoms with E-state index in [2.05, 4.69) is 37.0 Å². The Morgan fingerprint density at radius 3 is 2.72 bits per heavy atom. The van der Waals surface area contributed by atoms with Crippen molar-refractivity contribution < 1.29 is 9.53 Å². The summed E-state index contributed by atoms with van der Waals surface area (Å²) >= 11 is 0. The molecule has 18 heavy (non-hydrogen) atoms. The van der Waals surface area contributed by atoms with Crippen molar-refractivity contribution in [2.24, 2.45) is 4.99 Å². The van der Waals surface area contributed by atoms with Crippen LogP contribution in [0.4, 0.5) is 0 Å². The summed E-state index contributed by atoms with van der Waals surface area (Å²) in [5.74, 6) is 0.955. The summed E-state index contributed by atoms with van der Waals surface area (Å²) < 4.78 is 6.02. The zero-order valence-electron chi connectivity index (χ0n) is 10.8. The third-order valence-corrected chi connectivity index (χ3v) is 3.97. The highest BCUT2D eigenvalue weighted by atomic mass is 16.5. The van der Waals surface area contributed by atoms with Gasteiger partial charge in [-0.15, -0.1) is 0 Å². The van der Waals surface area contributed by atoms with Gasteiger partial charge in [-0.2, -0.15) is 4.99 Å². The Kier molecular flexibility index (Phi) is 2.36. The number of fused-ring (bicyclic) bond motifs is 1. The Balaban J connectivity index is 1.99. The molecule has 0 radical (unpaired) electrons. The van der Waals surface area contributed by atoms with Crippen molar-refractivity contribution in [1.29, 1.82) is 0 Å². The smallest absolute Gasteiger partial charge is 0.235 e. The minimum Gasteiger partial charge on any atom is -0.488 e. The molecular formula is C15H17NO2. The van der Waals surface area contributed by atoms with Crippen molar-refractivity contribution in [2.75, 3.05) is 0 Å². The molecule has 3 rings (SSSR count). The van der Waals surface area contributed by atoms with Gasteiger partial charge in [0.15, 0.2) is 0 Å². The molecule has 1 fully saturated rings. The molecule has 3 heteroatoms. The van der Waals surface area contributed by atoms with Crippen LogP contribution in [0.2, 0.25) is 0 Å². The van der Waals surface area contributed by atoms with Gasteiger partial charge < -0.3 is 4.74 Å². The third kappa shape index (κ3) is 1.85. The molecule has 2 aliphatic rings. The Bertz CT molecular complexity index is 537. The lowest BCUT2D eigenvalue weighted by Crippen LogP contribution is -2.32. The van der Waals surface area contributed by atoms with Gasteiger partial charge in [0.1, 0.15) is 11.4 Å². The van der Waals surface area contributed by atoms with E-state index in [9.17, 15) is 4.79 Å². The number of rotatable bonds is 2. The molecule has 1 aliphatic carbocycles. The molecule has 0 atom stereocenters. The summed E-state index contributed by atoms with van der Waals surface area (Å²) in [6.07, 6.45) is 5.66. The molecule has 0 spiro atoms. The van der Waals surface area contributed by atoms with Gasteiger partial charge in [0.25, 0.3) is 0 Å². The molecule has 0 amide bonds. The predicted molar refractivity (Wildman–Crippen MR) is 68.5 cm³/mol. The summed E-state index contributed by atoms with van der Waals surface area (Å²) in [7, 11) is 0. The van der Waals surface area contributed by atoms with Crippen LogP contribution in [-0.4, -0.2) is 11.7 Å². The van der Waals surface area contributed by atoms with Crippen molar-refractivity contribution in [3.05, 3.63) is 29.3 Å². The number of aliphatic imine (C=N–C) groups is 1. The molecule has 1 heterocycles. The summed E-state index contributed by atoms with van der Waals surface area (Å²) in [5.41, 5.74) is 1.93.